The normalized spacial score (nSPS) is 39.1. The molecule has 0 bridgehead atoms. The first kappa shape index (κ1) is 13.3. The van der Waals surface area contributed by atoms with Crippen molar-refractivity contribution >= 4 is 11.7 Å². The molecular weight excluding hydrogens is 264 g/mol. The third kappa shape index (κ3) is 1.79. The van der Waals surface area contributed by atoms with Crippen LogP contribution in [0.15, 0.2) is 35.3 Å². The Morgan fingerprint density at radius 3 is 2.45 bits per heavy atom. The van der Waals surface area contributed by atoms with Gasteiger partial charge in [0.15, 0.2) is 5.60 Å². The lowest BCUT2D eigenvalue weighted by Crippen LogP contribution is -2.51. The van der Waals surface area contributed by atoms with Gasteiger partial charge in [-0.25, -0.2) is 4.99 Å². The standard InChI is InChI=1S/C13H16N2O5/c16-6-13-10(8(17)9(18)11(13)19)15-12(20-13)14-7-4-2-1-3-5-7/h1-5,8-11,16-19H,6H2,(H,14,15)/t8-,9-,10-,11+,13-/m0/s1. The van der Waals surface area contributed by atoms with E-state index in [1.54, 1.807) is 12.1 Å². The van der Waals surface area contributed by atoms with Crippen molar-refractivity contribution < 1.29 is 25.2 Å². The maximum Gasteiger partial charge on any atom is 0.290 e. The second kappa shape index (κ2) is 4.71. The summed E-state index contributed by atoms with van der Waals surface area (Å²) in [5, 5.41) is 41.9. The summed E-state index contributed by atoms with van der Waals surface area (Å²) in [5.41, 5.74) is -0.778. The van der Waals surface area contributed by atoms with E-state index in [0.717, 1.165) is 5.69 Å². The van der Waals surface area contributed by atoms with Gasteiger partial charge < -0.3 is 30.5 Å². The monoisotopic (exact) mass is 280 g/mol. The largest absolute Gasteiger partial charge is 0.451 e. The number of aliphatic hydroxyl groups excluding tert-OH is 4. The van der Waals surface area contributed by atoms with Crippen LogP contribution in [0.1, 0.15) is 0 Å². The first-order valence-electron chi connectivity index (χ1n) is 6.32. The molecule has 0 amide bonds. The number of ether oxygens (including phenoxy) is 1. The minimum absolute atomic E-state index is 0.0975. The second-order valence-corrected chi connectivity index (χ2v) is 5.01. The van der Waals surface area contributed by atoms with Gasteiger partial charge in [0, 0.05) is 5.69 Å². The number of amidine groups is 1. The summed E-state index contributed by atoms with van der Waals surface area (Å²) in [6, 6.07) is 8.29. The number of aliphatic imine (C=N–C) groups is 1. The van der Waals surface area contributed by atoms with Crippen molar-refractivity contribution in [2.75, 3.05) is 11.9 Å². The number of hydrogen-bond acceptors (Lipinski definition) is 7. The summed E-state index contributed by atoms with van der Waals surface area (Å²) < 4.78 is 5.50. The number of anilines is 1. The Balaban J connectivity index is 1.85. The zero-order valence-electron chi connectivity index (χ0n) is 10.5. The van der Waals surface area contributed by atoms with E-state index in [0.29, 0.717) is 0 Å². The van der Waals surface area contributed by atoms with Crippen LogP contribution in [0.4, 0.5) is 5.69 Å². The maximum atomic E-state index is 9.98. The summed E-state index contributed by atoms with van der Waals surface area (Å²) in [4.78, 5) is 4.12. The summed E-state index contributed by atoms with van der Waals surface area (Å²) in [7, 11) is 0. The van der Waals surface area contributed by atoms with Crippen molar-refractivity contribution in [3.05, 3.63) is 30.3 Å². The highest BCUT2D eigenvalue weighted by Gasteiger charge is 2.65. The predicted molar refractivity (Wildman–Crippen MR) is 70.2 cm³/mol. The molecule has 1 aliphatic carbocycles. The highest BCUT2D eigenvalue weighted by atomic mass is 16.6. The molecule has 1 aromatic rings. The van der Waals surface area contributed by atoms with Crippen molar-refractivity contribution in [3.8, 4) is 0 Å². The van der Waals surface area contributed by atoms with Crippen LogP contribution in [0.25, 0.3) is 0 Å². The molecule has 5 atom stereocenters. The van der Waals surface area contributed by atoms with Gasteiger partial charge in [-0.15, -0.1) is 0 Å². The van der Waals surface area contributed by atoms with E-state index < -0.39 is 36.6 Å². The number of rotatable bonds is 2. The molecule has 3 rings (SSSR count). The molecule has 0 unspecified atom stereocenters. The highest BCUT2D eigenvalue weighted by Crippen LogP contribution is 2.40. The van der Waals surface area contributed by atoms with Crippen molar-refractivity contribution in [2.45, 2.75) is 30.0 Å². The molecule has 1 fully saturated rings. The van der Waals surface area contributed by atoms with Gasteiger partial charge in [-0.2, -0.15) is 0 Å². The fourth-order valence-corrected chi connectivity index (χ4v) is 2.69. The van der Waals surface area contributed by atoms with Crippen LogP contribution in [0, 0.1) is 0 Å². The Morgan fingerprint density at radius 1 is 1.15 bits per heavy atom. The third-order valence-electron chi connectivity index (χ3n) is 3.81. The van der Waals surface area contributed by atoms with Gasteiger partial charge in [-0.05, 0) is 12.1 Å². The van der Waals surface area contributed by atoms with Gasteiger partial charge in [0.05, 0.1) is 6.61 Å². The number of nitrogens with zero attached hydrogens (tertiary/aromatic N) is 1. The Morgan fingerprint density at radius 2 is 1.85 bits per heavy atom. The molecule has 0 spiro atoms. The molecule has 0 radical (unpaired) electrons. The van der Waals surface area contributed by atoms with Gasteiger partial charge in [-0.3, -0.25) is 0 Å². The number of aliphatic hydroxyl groups is 4. The summed E-state index contributed by atoms with van der Waals surface area (Å²) in [6.07, 6.45) is -4.09. The van der Waals surface area contributed by atoms with Gasteiger partial charge in [0.2, 0.25) is 0 Å². The van der Waals surface area contributed by atoms with E-state index in [4.69, 9.17) is 4.74 Å². The molecule has 2 aliphatic rings. The third-order valence-corrected chi connectivity index (χ3v) is 3.81. The lowest BCUT2D eigenvalue weighted by atomic mass is 9.97. The molecule has 20 heavy (non-hydrogen) atoms. The number of hydrogen-bond donors (Lipinski definition) is 5. The van der Waals surface area contributed by atoms with E-state index in [2.05, 4.69) is 10.3 Å². The molecular formula is C13H16N2O5. The van der Waals surface area contributed by atoms with Crippen LogP contribution in [0.3, 0.4) is 0 Å². The zero-order chi connectivity index (χ0) is 14.3. The second-order valence-electron chi connectivity index (χ2n) is 5.01. The molecule has 1 aliphatic heterocycles. The van der Waals surface area contributed by atoms with Gasteiger partial charge >= 0.3 is 0 Å². The van der Waals surface area contributed by atoms with Crippen LogP contribution in [0.2, 0.25) is 0 Å². The quantitative estimate of drug-likeness (QED) is 0.459. The zero-order valence-corrected chi connectivity index (χ0v) is 10.5. The number of para-hydroxylation sites is 1. The summed E-state index contributed by atoms with van der Waals surface area (Å²) >= 11 is 0. The Hall–Kier alpha value is -1.67. The van der Waals surface area contributed by atoms with Gasteiger partial charge in [0.1, 0.15) is 24.4 Å². The SMILES string of the molecule is OC[C@]12OC(Nc3ccccc3)=N[C@H]1[C@@H](O)[C@H](O)[C@H]2O. The average Bonchev–Trinajstić information content (AvgIpc) is 2.92. The molecule has 0 aromatic heterocycles. The molecule has 1 saturated carbocycles. The van der Waals surface area contributed by atoms with Crippen LogP contribution in [-0.2, 0) is 4.74 Å². The van der Waals surface area contributed by atoms with Gasteiger partial charge in [0.25, 0.3) is 6.02 Å². The van der Waals surface area contributed by atoms with E-state index >= 15 is 0 Å². The molecule has 1 heterocycles. The van der Waals surface area contributed by atoms with Crippen LogP contribution in [-0.4, -0.2) is 63.0 Å². The molecule has 7 heteroatoms. The number of benzene rings is 1. The van der Waals surface area contributed by atoms with Crippen molar-refractivity contribution in [1.82, 2.24) is 0 Å². The Labute approximate surface area is 115 Å². The van der Waals surface area contributed by atoms with Crippen LogP contribution in [0.5, 0.6) is 0 Å². The fourth-order valence-electron chi connectivity index (χ4n) is 2.69. The molecule has 0 saturated heterocycles. The first-order chi connectivity index (χ1) is 9.58. The average molecular weight is 280 g/mol. The summed E-state index contributed by atoms with van der Waals surface area (Å²) in [5.74, 6) is 0. The minimum atomic E-state index is -1.50. The van der Waals surface area contributed by atoms with Crippen LogP contribution >= 0.6 is 0 Å². The topological polar surface area (TPSA) is 115 Å². The highest BCUT2D eigenvalue weighted by molar-refractivity contribution is 5.91. The van der Waals surface area contributed by atoms with E-state index in [9.17, 15) is 20.4 Å². The molecule has 1 aromatic carbocycles. The minimum Gasteiger partial charge on any atom is -0.451 e. The summed E-state index contributed by atoms with van der Waals surface area (Å²) in [6.45, 7) is -0.559. The lowest BCUT2D eigenvalue weighted by Gasteiger charge is -2.29. The molecule has 7 nitrogen and oxygen atoms in total. The molecule has 108 valence electrons. The Bertz CT molecular complexity index is 523. The van der Waals surface area contributed by atoms with E-state index in [1.807, 2.05) is 18.2 Å². The maximum absolute atomic E-state index is 9.98. The van der Waals surface area contributed by atoms with E-state index in [-0.39, 0.29) is 6.02 Å². The number of fused-ring (bicyclic) bond motifs is 1. The van der Waals surface area contributed by atoms with E-state index in [1.165, 1.54) is 0 Å². The Kier molecular flexibility index (Phi) is 3.14. The fraction of sp³-hybridized carbons (Fsp3) is 0.462. The van der Waals surface area contributed by atoms with Gasteiger partial charge in [-0.1, -0.05) is 18.2 Å². The van der Waals surface area contributed by atoms with Crippen molar-refractivity contribution in [2.24, 2.45) is 4.99 Å². The first-order valence-corrected chi connectivity index (χ1v) is 6.32. The number of nitrogens with one attached hydrogen (secondary N) is 1. The smallest absolute Gasteiger partial charge is 0.290 e. The lowest BCUT2D eigenvalue weighted by molar-refractivity contribution is -0.0995. The predicted octanol–water partition coefficient (Wildman–Crippen LogP) is -1.32. The molecule has 5 N–H and O–H groups in total. The van der Waals surface area contributed by atoms with Crippen molar-refractivity contribution in [1.29, 1.82) is 0 Å². The van der Waals surface area contributed by atoms with Crippen LogP contribution < -0.4 is 5.32 Å². The van der Waals surface area contributed by atoms with Crippen molar-refractivity contribution in [3.63, 3.8) is 0 Å².